The second kappa shape index (κ2) is 28.3. The normalized spacial score (nSPS) is 37.4. The van der Waals surface area contributed by atoms with Gasteiger partial charge in [0, 0.05) is 58.5 Å². The average molecular weight is 1030 g/mol. The van der Waals surface area contributed by atoms with Gasteiger partial charge < -0.3 is 53.7 Å². The van der Waals surface area contributed by atoms with Crippen LogP contribution < -0.4 is 0 Å². The molecule has 17 nitrogen and oxygen atoms in total. The van der Waals surface area contributed by atoms with Gasteiger partial charge >= 0.3 is 11.9 Å². The minimum atomic E-state index is -2.47. The van der Waals surface area contributed by atoms with Crippen LogP contribution >= 0.6 is 0 Å². The van der Waals surface area contributed by atoms with Gasteiger partial charge in [-0.2, -0.15) is 0 Å². The highest BCUT2D eigenvalue weighted by atomic mass is 16.6. The van der Waals surface area contributed by atoms with Crippen LogP contribution in [0.2, 0.25) is 0 Å². The molecule has 17 heteroatoms. The van der Waals surface area contributed by atoms with E-state index in [9.17, 15) is 49.2 Å². The lowest BCUT2D eigenvalue weighted by Crippen LogP contribution is -2.61. The molecule has 0 radical (unpaired) electrons. The highest BCUT2D eigenvalue weighted by molar-refractivity contribution is 6.39. The van der Waals surface area contributed by atoms with Crippen LogP contribution in [0.3, 0.4) is 0 Å². The molecule has 73 heavy (non-hydrogen) atoms. The Balaban J connectivity index is 1.69. The Morgan fingerprint density at radius 3 is 2.21 bits per heavy atom. The maximum absolute atomic E-state index is 14.5. The Labute approximate surface area is 433 Å². The van der Waals surface area contributed by atoms with Gasteiger partial charge in [0.15, 0.2) is 5.78 Å². The number of hydrogen-bond donors (Lipinski definition) is 4. The summed E-state index contributed by atoms with van der Waals surface area (Å²) in [6.45, 7) is 12.7. The number of nitrogens with zero attached hydrogens (tertiary/aromatic N) is 1. The number of aliphatic hydroxyl groups excluding tert-OH is 3. The van der Waals surface area contributed by atoms with E-state index in [1.807, 2.05) is 51.2 Å². The number of rotatable bonds is 10. The quantitative estimate of drug-likeness (QED) is 0.116. The summed E-state index contributed by atoms with van der Waals surface area (Å²) < 4.78 is 35.4. The molecule has 3 fully saturated rings. The molecule has 412 valence electrons. The molecular weight excluding hydrogens is 943 g/mol. The van der Waals surface area contributed by atoms with Crippen molar-refractivity contribution in [2.45, 2.75) is 187 Å². The van der Waals surface area contributed by atoms with Crippen LogP contribution in [0.25, 0.3) is 0 Å². The number of hydrogen-bond acceptors (Lipinski definition) is 16. The Bertz CT molecular complexity index is 2010. The second-order valence-corrected chi connectivity index (χ2v) is 21.8. The number of aliphatic hydroxyl groups is 4. The fraction of sp³-hybridized carbons (Fsp3) is 0.750. The minimum Gasteiger partial charge on any atom is -0.460 e. The smallest absolute Gasteiger partial charge is 0.329 e. The maximum Gasteiger partial charge on any atom is 0.329 e. The molecule has 0 spiro atoms. The number of cyclic esters (lactones) is 1. The van der Waals surface area contributed by atoms with E-state index in [1.54, 1.807) is 40.9 Å². The number of carbonyl (C=O) groups excluding carboxylic acids is 6. The third kappa shape index (κ3) is 16.0. The first-order valence-corrected chi connectivity index (χ1v) is 26.4. The van der Waals surface area contributed by atoms with Crippen molar-refractivity contribution >= 4 is 35.2 Å². The number of Topliss-reactive ketones (excluding diaryl/α,β-unsaturated/α-hetero) is 3. The summed E-state index contributed by atoms with van der Waals surface area (Å²) in [6.07, 6.45) is 9.76. The van der Waals surface area contributed by atoms with Crippen LogP contribution in [0.1, 0.15) is 132 Å². The molecule has 2 saturated heterocycles. The summed E-state index contributed by atoms with van der Waals surface area (Å²) in [7, 11) is 4.43. The van der Waals surface area contributed by atoms with Crippen molar-refractivity contribution < 1.29 is 77.6 Å². The lowest BCUT2D eigenvalue weighted by Gasteiger charge is -2.42. The summed E-state index contributed by atoms with van der Waals surface area (Å²) in [5.41, 5.74) is -0.277. The van der Waals surface area contributed by atoms with Crippen molar-refractivity contribution in [1.29, 1.82) is 0 Å². The van der Waals surface area contributed by atoms with E-state index < -0.39 is 120 Å². The van der Waals surface area contributed by atoms with Crippen molar-refractivity contribution in [3.8, 4) is 0 Å². The lowest BCUT2D eigenvalue weighted by molar-refractivity contribution is -0.265. The largest absolute Gasteiger partial charge is 0.460 e. The van der Waals surface area contributed by atoms with Gasteiger partial charge in [-0.15, -0.1) is 0 Å². The van der Waals surface area contributed by atoms with Gasteiger partial charge in [0.05, 0.1) is 31.5 Å². The van der Waals surface area contributed by atoms with Crippen molar-refractivity contribution in [2.75, 3.05) is 41.1 Å². The molecule has 1 unspecified atom stereocenters. The van der Waals surface area contributed by atoms with E-state index in [2.05, 4.69) is 0 Å². The molecule has 0 aromatic heterocycles. The highest BCUT2D eigenvalue weighted by Crippen LogP contribution is 2.38. The number of methoxy groups -OCH3 is 3. The van der Waals surface area contributed by atoms with Gasteiger partial charge in [-0.25, -0.2) is 4.79 Å². The molecule has 0 aromatic rings. The predicted molar refractivity (Wildman–Crippen MR) is 271 cm³/mol. The van der Waals surface area contributed by atoms with Crippen LogP contribution in [0.4, 0.5) is 0 Å². The van der Waals surface area contributed by atoms with E-state index >= 15 is 0 Å². The summed E-state index contributed by atoms with van der Waals surface area (Å²) >= 11 is 0. The molecule has 3 aliphatic heterocycles. The first-order chi connectivity index (χ1) is 34.5. The number of allylic oxidation sites excluding steroid dienone is 6. The van der Waals surface area contributed by atoms with Crippen molar-refractivity contribution in [1.82, 2.24) is 4.90 Å². The van der Waals surface area contributed by atoms with Gasteiger partial charge in [-0.05, 0) is 114 Å². The molecule has 15 atom stereocenters. The van der Waals surface area contributed by atoms with Gasteiger partial charge in [0.25, 0.3) is 11.7 Å². The number of fused-ring (bicyclic) bond motifs is 3. The molecule has 0 aromatic carbocycles. The first-order valence-electron chi connectivity index (χ1n) is 26.4. The first kappa shape index (κ1) is 61.6. The van der Waals surface area contributed by atoms with Crippen molar-refractivity contribution in [3.05, 3.63) is 47.6 Å². The fourth-order valence-electron chi connectivity index (χ4n) is 10.7. The van der Waals surface area contributed by atoms with Gasteiger partial charge in [0.1, 0.15) is 41.7 Å². The van der Waals surface area contributed by atoms with E-state index in [4.69, 9.17) is 28.4 Å². The van der Waals surface area contributed by atoms with Crippen molar-refractivity contribution in [2.24, 2.45) is 40.9 Å². The number of piperidine rings is 1. The summed E-state index contributed by atoms with van der Waals surface area (Å²) in [4.78, 5) is 85.4. The topological polar surface area (TPSA) is 242 Å². The highest BCUT2D eigenvalue weighted by Gasteiger charge is 2.53. The van der Waals surface area contributed by atoms with Crippen LogP contribution in [0.15, 0.2) is 47.6 Å². The zero-order chi connectivity index (χ0) is 54.4. The SMILES string of the molecule is CO[C@H]1C[C@@H]2CC[C@@H](C)[C@@](O)(O2)C(=O)C(=O)N2CCCC[C@@H]2C(=O)OC([C@H](C)C[C@@H]2CC[C@@H](OC(=O)C(C)(CO)CO)[C@H](OC)C2)CC(=O)[C@H](C)/C=C(\C)[C@@H](O)[C@@H](OC)C(=O)[C@H](C)C[C@H](C)/C=C/C=C/C=C/1C. The minimum absolute atomic E-state index is 0.00697. The fourth-order valence-corrected chi connectivity index (χ4v) is 10.7. The lowest BCUT2D eigenvalue weighted by atomic mass is 9.78. The molecule has 4 rings (SSSR count). The third-order valence-corrected chi connectivity index (χ3v) is 15.9. The number of carbonyl (C=O) groups is 6. The maximum atomic E-state index is 14.5. The van der Waals surface area contributed by atoms with E-state index in [-0.39, 0.29) is 42.8 Å². The van der Waals surface area contributed by atoms with Crippen LogP contribution in [0.5, 0.6) is 0 Å². The molecule has 4 aliphatic rings. The Morgan fingerprint density at radius 1 is 0.863 bits per heavy atom. The summed E-state index contributed by atoms with van der Waals surface area (Å²) in [5.74, 6) is -9.36. The Morgan fingerprint density at radius 2 is 1.56 bits per heavy atom. The molecule has 1 saturated carbocycles. The summed E-state index contributed by atoms with van der Waals surface area (Å²) in [6, 6.07) is -1.20. The predicted octanol–water partition coefficient (Wildman–Crippen LogP) is 5.72. The van der Waals surface area contributed by atoms with E-state index in [1.165, 1.54) is 21.1 Å². The van der Waals surface area contributed by atoms with Crippen molar-refractivity contribution in [3.63, 3.8) is 0 Å². The van der Waals surface area contributed by atoms with Gasteiger partial charge in [0.2, 0.25) is 5.79 Å². The average Bonchev–Trinajstić information content (AvgIpc) is 3.37. The zero-order valence-electron chi connectivity index (χ0n) is 45.3. The van der Waals surface area contributed by atoms with Crippen LogP contribution in [-0.4, -0.2) is 156 Å². The Kier molecular flexibility index (Phi) is 23.9. The molecule has 4 N–H and O–H groups in total. The Hall–Kier alpha value is -3.94. The van der Waals surface area contributed by atoms with Gasteiger partial charge in [-0.1, -0.05) is 71.1 Å². The van der Waals surface area contributed by atoms with Crippen LogP contribution in [0, 0.1) is 40.9 Å². The molecule has 1 amide bonds. The third-order valence-electron chi connectivity index (χ3n) is 15.9. The van der Waals surface area contributed by atoms with Crippen LogP contribution in [-0.2, 0) is 57.2 Å². The standard InChI is InChI=1S/C56H87NO16/c1-33-17-13-12-14-18-34(2)45(68-9)29-41-22-20-39(7)56(67,73-41)51(63)52(64)57-24-16-15-19-42(57)53(65)71-46(30-43(60)35(3)26-38(6)49(62)50(70-11)48(61)37(5)25-33)36(4)27-40-21-23-44(47(28-40)69-10)72-54(66)55(8,31-58)32-59/h12-14,17-18,26,33,35-37,39-42,44-47,49-50,58-59,62,67H,15-16,19-25,27-32H2,1-11H3/b14-12+,17-13+,34-18+,38-26+/t33-,35-,36-,37-,39-,40+,41+,42-,44-,45+,46?,47-,49-,50+,56-/m1/s1. The molecule has 1 aliphatic carbocycles. The monoisotopic (exact) mass is 1030 g/mol. The number of ketones is 3. The number of esters is 2. The van der Waals surface area contributed by atoms with E-state index in [0.29, 0.717) is 69.8 Å². The van der Waals surface area contributed by atoms with E-state index in [0.717, 1.165) is 10.5 Å². The number of amides is 1. The molecule has 2 bridgehead atoms. The zero-order valence-corrected chi connectivity index (χ0v) is 45.3. The summed E-state index contributed by atoms with van der Waals surface area (Å²) in [5, 5.41) is 43.1. The second-order valence-electron chi connectivity index (χ2n) is 21.8. The molecular formula is C56H87NO16. The molecule has 3 heterocycles. The number of ether oxygens (including phenoxy) is 6. The van der Waals surface area contributed by atoms with Gasteiger partial charge in [-0.3, -0.25) is 24.0 Å².